The molecule has 0 aliphatic carbocycles. The van der Waals surface area contributed by atoms with Gasteiger partial charge in [-0.2, -0.15) is 0 Å². The van der Waals surface area contributed by atoms with Crippen LogP contribution in [0.3, 0.4) is 0 Å². The molecule has 0 aromatic rings. The second-order valence-electron chi connectivity index (χ2n) is 16.4. The first-order chi connectivity index (χ1) is 24.7. The Bertz CT molecular complexity index is 1190. The van der Waals surface area contributed by atoms with Gasteiger partial charge >= 0.3 is 0 Å². The summed E-state index contributed by atoms with van der Waals surface area (Å²) in [6, 6.07) is -0.0883. The summed E-state index contributed by atoms with van der Waals surface area (Å²) in [5.41, 5.74) is -2.48. The molecule has 15 heteroatoms. The van der Waals surface area contributed by atoms with E-state index in [4.69, 9.17) is 28.4 Å². The van der Waals surface area contributed by atoms with Crippen LogP contribution in [-0.2, 0) is 42.8 Å². The van der Waals surface area contributed by atoms with Crippen molar-refractivity contribution in [3.05, 3.63) is 0 Å². The molecular weight excluding hydrogens is 688 g/mol. The Morgan fingerprint density at radius 1 is 1.08 bits per heavy atom. The number of ether oxygens (including phenoxy) is 6. The average molecular weight is 759 g/mol. The fourth-order valence-corrected chi connectivity index (χ4v) is 8.15. The van der Waals surface area contributed by atoms with Crippen LogP contribution in [0.2, 0.25) is 0 Å². The summed E-state index contributed by atoms with van der Waals surface area (Å²) >= 11 is 0. The van der Waals surface area contributed by atoms with E-state index in [0.717, 1.165) is 0 Å². The van der Waals surface area contributed by atoms with E-state index in [1.54, 1.807) is 46.6 Å². The molecule has 53 heavy (non-hydrogen) atoms. The van der Waals surface area contributed by atoms with Crippen LogP contribution in [0.1, 0.15) is 87.5 Å². The Morgan fingerprint density at radius 3 is 2.38 bits per heavy atom. The smallest absolute Gasteiger partial charge is 0.241 e. The van der Waals surface area contributed by atoms with E-state index in [1.165, 1.54) is 7.11 Å². The van der Waals surface area contributed by atoms with Crippen molar-refractivity contribution in [2.24, 2.45) is 17.8 Å². The topological polar surface area (TPSA) is 178 Å². The molecule has 3 fully saturated rings. The molecule has 3 amide bonds. The van der Waals surface area contributed by atoms with Gasteiger partial charge in [0.15, 0.2) is 12.6 Å². The van der Waals surface area contributed by atoms with Crippen LogP contribution in [0.15, 0.2) is 0 Å². The van der Waals surface area contributed by atoms with Crippen molar-refractivity contribution in [3.63, 3.8) is 0 Å². The first-order valence-electron chi connectivity index (χ1n) is 19.4. The molecule has 4 N–H and O–H groups in total. The normalized spacial score (nSPS) is 40.9. The zero-order valence-corrected chi connectivity index (χ0v) is 34.3. The minimum absolute atomic E-state index is 0.0257. The third-order valence-electron chi connectivity index (χ3n) is 11.3. The van der Waals surface area contributed by atoms with E-state index in [1.807, 2.05) is 34.9 Å². The molecule has 0 aromatic heterocycles. The average Bonchev–Trinajstić information content (AvgIpc) is 3.09. The number of aliphatic hydroxyl groups is 2. The van der Waals surface area contributed by atoms with Crippen molar-refractivity contribution >= 4 is 17.7 Å². The quantitative estimate of drug-likeness (QED) is 0.212. The maximum absolute atomic E-state index is 13.8. The third kappa shape index (κ3) is 12.0. The molecule has 3 saturated heterocycles. The van der Waals surface area contributed by atoms with Crippen molar-refractivity contribution in [1.29, 1.82) is 0 Å². The van der Waals surface area contributed by atoms with Crippen LogP contribution < -0.4 is 10.6 Å². The summed E-state index contributed by atoms with van der Waals surface area (Å²) in [5, 5.41) is 29.1. The van der Waals surface area contributed by atoms with Crippen molar-refractivity contribution in [2.45, 2.75) is 154 Å². The molecule has 3 rings (SSSR count). The van der Waals surface area contributed by atoms with Gasteiger partial charge in [0.1, 0.15) is 12.2 Å². The van der Waals surface area contributed by atoms with Crippen LogP contribution >= 0.6 is 0 Å². The Labute approximate surface area is 317 Å². The Morgan fingerprint density at radius 2 is 1.75 bits per heavy atom. The van der Waals surface area contributed by atoms with Crippen molar-refractivity contribution in [1.82, 2.24) is 20.4 Å². The summed E-state index contributed by atoms with van der Waals surface area (Å²) < 4.78 is 38.6. The van der Waals surface area contributed by atoms with Crippen LogP contribution in [0, 0.1) is 17.8 Å². The largest absolute Gasteiger partial charge is 0.387 e. The lowest BCUT2D eigenvalue weighted by Gasteiger charge is -2.49. The zero-order valence-electron chi connectivity index (χ0n) is 34.3. The van der Waals surface area contributed by atoms with Crippen LogP contribution in [-0.4, -0.2) is 159 Å². The number of hydrogen-bond acceptors (Lipinski definition) is 12. The number of nitrogens with zero attached hydrogens (tertiary/aromatic N) is 2. The fourth-order valence-electron chi connectivity index (χ4n) is 8.15. The first-order valence-corrected chi connectivity index (χ1v) is 19.4. The van der Waals surface area contributed by atoms with Gasteiger partial charge in [-0.25, -0.2) is 0 Å². The Hall–Kier alpha value is -1.95. The molecule has 0 bridgehead atoms. The maximum Gasteiger partial charge on any atom is 0.241 e. The van der Waals surface area contributed by atoms with E-state index >= 15 is 0 Å². The number of rotatable bonds is 12. The highest BCUT2D eigenvalue weighted by molar-refractivity contribution is 5.85. The molecule has 15 nitrogen and oxygen atoms in total. The van der Waals surface area contributed by atoms with Crippen LogP contribution in [0.4, 0.5) is 0 Å². The molecule has 3 heterocycles. The second kappa shape index (κ2) is 19.8. The first kappa shape index (κ1) is 45.4. The van der Waals surface area contributed by atoms with Crippen molar-refractivity contribution in [3.8, 4) is 0 Å². The number of carbonyl (C=O) groups is 3. The highest BCUT2D eigenvalue weighted by Gasteiger charge is 2.51. The van der Waals surface area contributed by atoms with E-state index in [2.05, 4.69) is 15.5 Å². The number of methoxy groups -OCH3 is 1. The standard InChI is InChI=1S/C38H70N4O11/c1-13-28(43)39-15-14-16-49-32-27(41(9)10)17-23(3)50-36(32)53-34-24(4)31(52-30-19-38(8,48-12)33(45)26(6)51-30)25(5)35(46)40-20-29(44)42(11)21-22(2)18-37(34,7)47/h22-27,30-34,36,45,47H,13-21H2,1-12H3,(H,39,43)(H,40,46)/t22-,23-,24+,25-,26+,27+,30+,31+,32-,33+,34-,36+,37-,38-/m1/s1. The van der Waals surface area contributed by atoms with Gasteiger partial charge < -0.3 is 59.1 Å². The molecule has 0 saturated carbocycles. The lowest BCUT2D eigenvalue weighted by molar-refractivity contribution is -0.320. The lowest BCUT2D eigenvalue weighted by atomic mass is 9.77. The molecule has 0 aromatic carbocycles. The minimum atomic E-state index is -1.50. The van der Waals surface area contributed by atoms with Gasteiger partial charge in [0.05, 0.1) is 48.1 Å². The predicted molar refractivity (Wildman–Crippen MR) is 198 cm³/mol. The van der Waals surface area contributed by atoms with E-state index in [-0.39, 0.29) is 49.3 Å². The van der Waals surface area contributed by atoms with Gasteiger partial charge in [-0.05, 0) is 67.0 Å². The van der Waals surface area contributed by atoms with Crippen molar-refractivity contribution in [2.75, 3.05) is 54.5 Å². The van der Waals surface area contributed by atoms with Gasteiger partial charge in [0, 0.05) is 58.7 Å². The number of likely N-dealkylation sites (N-methyl/N-ethyl adjacent to an activating group) is 2. The summed E-state index contributed by atoms with van der Waals surface area (Å²) in [6.07, 6.45) is -3.82. The van der Waals surface area contributed by atoms with E-state index in [0.29, 0.717) is 39.0 Å². The van der Waals surface area contributed by atoms with E-state index in [9.17, 15) is 24.6 Å². The number of amides is 3. The Balaban J connectivity index is 2.05. The van der Waals surface area contributed by atoms with Gasteiger partial charge in [0.25, 0.3) is 0 Å². The molecule has 3 aliphatic rings. The van der Waals surface area contributed by atoms with Crippen molar-refractivity contribution < 1.29 is 53.0 Å². The van der Waals surface area contributed by atoms with Crippen LogP contribution in [0.5, 0.6) is 0 Å². The molecule has 0 spiro atoms. The van der Waals surface area contributed by atoms with Gasteiger partial charge in [-0.1, -0.05) is 27.7 Å². The molecular formula is C38H70N4O11. The summed E-state index contributed by atoms with van der Waals surface area (Å²) in [7, 11) is 7.17. The molecule has 0 radical (unpaired) electrons. The minimum Gasteiger partial charge on any atom is -0.387 e. The molecule has 14 atom stereocenters. The van der Waals surface area contributed by atoms with Crippen LogP contribution in [0.25, 0.3) is 0 Å². The monoisotopic (exact) mass is 759 g/mol. The second-order valence-corrected chi connectivity index (χ2v) is 16.4. The highest BCUT2D eigenvalue weighted by Crippen LogP contribution is 2.39. The SMILES string of the molecule is CCC(=O)NCCCO[C@H]1[C@H](O[C@@H]2[C@@H](C)[C@H](O[C@H]3C[C@@](C)(OC)[C@@H](O)[C@H](C)O3)[C@@H](C)C(=O)NCC(=O)N(C)C[C@H](C)C[C@@]2(C)O)O[C@H](C)C[C@@H]1N(C)C. The molecule has 3 aliphatic heterocycles. The summed E-state index contributed by atoms with van der Waals surface area (Å²) in [5.74, 6) is -2.30. The Kier molecular flexibility index (Phi) is 16.9. The van der Waals surface area contributed by atoms with Gasteiger partial charge in [-0.15, -0.1) is 0 Å². The van der Waals surface area contributed by atoms with E-state index < -0.39 is 72.0 Å². The summed E-state index contributed by atoms with van der Waals surface area (Å²) in [4.78, 5) is 42.3. The lowest BCUT2D eigenvalue weighted by Crippen LogP contribution is -2.61. The highest BCUT2D eigenvalue weighted by atomic mass is 16.7. The van der Waals surface area contributed by atoms with Gasteiger partial charge in [-0.3, -0.25) is 14.4 Å². The molecule has 0 unspecified atom stereocenters. The number of carbonyl (C=O) groups excluding carboxylic acids is 3. The number of nitrogens with one attached hydrogen (secondary N) is 2. The number of aliphatic hydroxyl groups excluding tert-OH is 1. The number of hydrogen-bond donors (Lipinski definition) is 4. The predicted octanol–water partition coefficient (Wildman–Crippen LogP) is 1.66. The zero-order chi connectivity index (χ0) is 39.8. The fraction of sp³-hybridized carbons (Fsp3) is 0.921. The van der Waals surface area contributed by atoms with Gasteiger partial charge in [0.2, 0.25) is 17.7 Å². The maximum atomic E-state index is 13.8. The molecule has 308 valence electrons. The third-order valence-corrected chi connectivity index (χ3v) is 11.3. The summed E-state index contributed by atoms with van der Waals surface area (Å²) in [6.45, 7) is 15.6.